The van der Waals surface area contributed by atoms with E-state index in [4.69, 9.17) is 9.26 Å². The normalized spacial score (nSPS) is 10.6. The first-order valence-electron chi connectivity index (χ1n) is 8.99. The molecule has 29 heavy (non-hydrogen) atoms. The van der Waals surface area contributed by atoms with E-state index < -0.39 is 11.9 Å². The number of ether oxygens (including phenoxy) is 1. The summed E-state index contributed by atoms with van der Waals surface area (Å²) in [5, 5.41) is 7.01. The molecule has 150 valence electrons. The predicted molar refractivity (Wildman–Crippen MR) is 110 cm³/mol. The van der Waals surface area contributed by atoms with Gasteiger partial charge in [-0.15, -0.1) is 11.3 Å². The number of benzene rings is 1. The number of carbonyl (C=O) groups excluding carboxylic acids is 3. The average Bonchev–Trinajstić information content (AvgIpc) is 3.22. The maximum absolute atomic E-state index is 13.1. The van der Waals surface area contributed by atoms with E-state index >= 15 is 0 Å². The quantitative estimate of drug-likeness (QED) is 0.467. The van der Waals surface area contributed by atoms with E-state index in [0.29, 0.717) is 21.9 Å². The van der Waals surface area contributed by atoms with Gasteiger partial charge in [0.15, 0.2) is 5.78 Å². The van der Waals surface area contributed by atoms with E-state index in [1.807, 2.05) is 30.3 Å². The molecule has 2 aromatic heterocycles. The van der Waals surface area contributed by atoms with Crippen LogP contribution in [0.25, 0.3) is 11.3 Å². The summed E-state index contributed by atoms with van der Waals surface area (Å²) in [5.41, 5.74) is 2.07. The first-order valence-corrected chi connectivity index (χ1v) is 9.81. The largest absolute Gasteiger partial charge is 0.462 e. The highest BCUT2D eigenvalue weighted by Gasteiger charge is 2.28. The van der Waals surface area contributed by atoms with Gasteiger partial charge in [0.05, 0.1) is 17.0 Å². The molecule has 0 aliphatic heterocycles. The Labute approximate surface area is 171 Å². The van der Waals surface area contributed by atoms with E-state index in [-0.39, 0.29) is 28.5 Å². The second-order valence-corrected chi connectivity index (χ2v) is 7.34. The number of thiophene rings is 1. The van der Waals surface area contributed by atoms with E-state index in [1.54, 1.807) is 20.8 Å². The Bertz CT molecular complexity index is 1080. The van der Waals surface area contributed by atoms with Crippen LogP contribution in [0, 0.1) is 13.8 Å². The lowest BCUT2D eigenvalue weighted by Gasteiger charge is -2.07. The fourth-order valence-corrected chi connectivity index (χ4v) is 4.07. The number of Topliss-reactive ketones (excluding diaryl/α,β-unsaturated/α-hetero) is 1. The van der Waals surface area contributed by atoms with Crippen LogP contribution in [-0.2, 0) is 4.74 Å². The molecule has 1 aromatic carbocycles. The van der Waals surface area contributed by atoms with Gasteiger partial charge in [-0.3, -0.25) is 9.59 Å². The lowest BCUT2D eigenvalue weighted by molar-refractivity contribution is 0.0527. The predicted octanol–water partition coefficient (Wildman–Crippen LogP) is 4.65. The summed E-state index contributed by atoms with van der Waals surface area (Å²) < 4.78 is 10.3. The van der Waals surface area contributed by atoms with Crippen LogP contribution in [0.4, 0.5) is 5.00 Å². The van der Waals surface area contributed by atoms with Crippen molar-refractivity contribution >= 4 is 34.0 Å². The van der Waals surface area contributed by atoms with Gasteiger partial charge in [0, 0.05) is 5.56 Å². The van der Waals surface area contributed by atoms with Gasteiger partial charge < -0.3 is 14.6 Å². The molecule has 0 aliphatic rings. The lowest BCUT2D eigenvalue weighted by Crippen LogP contribution is -2.16. The van der Waals surface area contributed by atoms with E-state index in [2.05, 4.69) is 10.5 Å². The van der Waals surface area contributed by atoms with Crippen molar-refractivity contribution in [1.82, 2.24) is 5.16 Å². The van der Waals surface area contributed by atoms with Crippen LogP contribution in [0.2, 0.25) is 0 Å². The van der Waals surface area contributed by atoms with Gasteiger partial charge in [0.2, 0.25) is 0 Å². The summed E-state index contributed by atoms with van der Waals surface area (Å²) in [4.78, 5) is 37.8. The summed E-state index contributed by atoms with van der Waals surface area (Å²) in [6.07, 6.45) is 0. The third-order valence-corrected chi connectivity index (χ3v) is 5.62. The topological polar surface area (TPSA) is 98.5 Å². The van der Waals surface area contributed by atoms with Gasteiger partial charge >= 0.3 is 5.97 Å². The zero-order valence-corrected chi connectivity index (χ0v) is 17.3. The van der Waals surface area contributed by atoms with Crippen LogP contribution in [0.1, 0.15) is 55.6 Å². The molecule has 8 heteroatoms. The number of anilines is 1. The highest BCUT2D eigenvalue weighted by Crippen LogP contribution is 2.35. The van der Waals surface area contributed by atoms with Crippen molar-refractivity contribution in [2.45, 2.75) is 27.7 Å². The molecule has 0 radical (unpaired) electrons. The van der Waals surface area contributed by atoms with E-state index in [1.165, 1.54) is 6.92 Å². The van der Waals surface area contributed by atoms with Crippen molar-refractivity contribution in [2.24, 2.45) is 0 Å². The number of carbonyl (C=O) groups is 3. The number of esters is 1. The highest BCUT2D eigenvalue weighted by molar-refractivity contribution is 7.18. The molecule has 3 aromatic rings. The lowest BCUT2D eigenvalue weighted by atomic mass is 10.1. The van der Waals surface area contributed by atoms with Crippen LogP contribution in [-0.4, -0.2) is 29.4 Å². The smallest absolute Gasteiger partial charge is 0.341 e. The molecule has 1 N–H and O–H groups in total. The van der Waals surface area contributed by atoms with E-state index in [0.717, 1.165) is 16.9 Å². The Morgan fingerprint density at radius 3 is 2.45 bits per heavy atom. The Kier molecular flexibility index (Phi) is 5.93. The summed E-state index contributed by atoms with van der Waals surface area (Å²) in [5.74, 6) is -0.914. The standard InChI is InChI=1S/C21H20N2O5S/c1-5-27-21(26)15-11(2)18(12(3)24)29-20(15)22-19(25)16-13(4)28-23-17(16)14-9-7-6-8-10-14/h6-10H,5H2,1-4H3,(H,22,25). The summed E-state index contributed by atoms with van der Waals surface area (Å²) in [6, 6.07) is 9.17. The molecule has 2 heterocycles. The van der Waals surface area contributed by atoms with Crippen molar-refractivity contribution in [3.8, 4) is 11.3 Å². The molecular formula is C21H20N2O5S. The maximum atomic E-state index is 13.1. The summed E-state index contributed by atoms with van der Waals surface area (Å²) in [7, 11) is 0. The molecule has 0 atom stereocenters. The van der Waals surface area contributed by atoms with Crippen molar-refractivity contribution in [2.75, 3.05) is 11.9 Å². The Morgan fingerprint density at radius 1 is 1.14 bits per heavy atom. The Hall–Kier alpha value is -3.26. The zero-order chi connectivity index (χ0) is 21.1. The van der Waals surface area contributed by atoms with Gasteiger partial charge in [-0.1, -0.05) is 35.5 Å². The van der Waals surface area contributed by atoms with E-state index in [9.17, 15) is 14.4 Å². The fraction of sp³-hybridized carbons (Fsp3) is 0.238. The Balaban J connectivity index is 2.02. The molecule has 0 spiro atoms. The van der Waals surface area contributed by atoms with Crippen molar-refractivity contribution in [3.63, 3.8) is 0 Å². The first kappa shape index (κ1) is 20.5. The van der Waals surface area contributed by atoms with Crippen LogP contribution in [0.3, 0.4) is 0 Å². The van der Waals surface area contributed by atoms with Crippen LogP contribution in [0.5, 0.6) is 0 Å². The molecular weight excluding hydrogens is 392 g/mol. The number of aromatic nitrogens is 1. The van der Waals surface area contributed by atoms with Gasteiger partial charge in [0.25, 0.3) is 5.91 Å². The fourth-order valence-electron chi connectivity index (χ4n) is 2.98. The number of hydrogen-bond acceptors (Lipinski definition) is 7. The molecule has 0 saturated carbocycles. The highest BCUT2D eigenvalue weighted by atomic mass is 32.1. The van der Waals surface area contributed by atoms with Crippen LogP contribution >= 0.6 is 11.3 Å². The molecule has 1 amide bonds. The number of nitrogens with zero attached hydrogens (tertiary/aromatic N) is 1. The van der Waals surface area contributed by atoms with Crippen LogP contribution in [0.15, 0.2) is 34.9 Å². The number of aryl methyl sites for hydroxylation is 1. The molecule has 3 rings (SSSR count). The molecule has 0 fully saturated rings. The van der Waals surface area contributed by atoms with Crippen molar-refractivity contribution in [1.29, 1.82) is 0 Å². The minimum atomic E-state index is -0.589. The monoisotopic (exact) mass is 412 g/mol. The van der Waals surface area contributed by atoms with Gasteiger partial charge in [-0.05, 0) is 33.3 Å². The van der Waals surface area contributed by atoms with Gasteiger partial charge in [0.1, 0.15) is 22.0 Å². The first-order chi connectivity index (χ1) is 13.8. The number of hydrogen-bond donors (Lipinski definition) is 1. The minimum absolute atomic E-state index is 0.180. The second kappa shape index (κ2) is 8.40. The minimum Gasteiger partial charge on any atom is -0.462 e. The molecule has 7 nitrogen and oxygen atoms in total. The molecule has 0 unspecified atom stereocenters. The zero-order valence-electron chi connectivity index (χ0n) is 16.5. The SMILES string of the molecule is CCOC(=O)c1c(NC(=O)c2c(-c3ccccc3)noc2C)sc(C(C)=O)c1C. The second-order valence-electron chi connectivity index (χ2n) is 6.32. The third-order valence-electron chi connectivity index (χ3n) is 4.31. The number of nitrogens with one attached hydrogen (secondary N) is 1. The molecule has 0 aliphatic carbocycles. The number of rotatable bonds is 6. The van der Waals surface area contributed by atoms with Crippen LogP contribution < -0.4 is 5.32 Å². The van der Waals surface area contributed by atoms with Gasteiger partial charge in [-0.2, -0.15) is 0 Å². The molecule has 0 saturated heterocycles. The summed E-state index contributed by atoms with van der Waals surface area (Å²) >= 11 is 1.05. The number of ketones is 1. The van der Waals surface area contributed by atoms with Gasteiger partial charge in [-0.25, -0.2) is 4.79 Å². The van der Waals surface area contributed by atoms with Crippen molar-refractivity contribution < 1.29 is 23.6 Å². The maximum Gasteiger partial charge on any atom is 0.341 e. The Morgan fingerprint density at radius 2 is 1.83 bits per heavy atom. The van der Waals surface area contributed by atoms with Crippen molar-refractivity contribution in [3.05, 3.63) is 57.7 Å². The summed E-state index contributed by atoms with van der Waals surface area (Å²) in [6.45, 7) is 6.59. The average molecular weight is 412 g/mol. The molecule has 0 bridgehead atoms. The number of amides is 1. The third kappa shape index (κ3) is 3.97.